The van der Waals surface area contributed by atoms with E-state index in [1.807, 2.05) is 47.4 Å². The molecule has 4 aliphatic rings. The van der Waals surface area contributed by atoms with Crippen LogP contribution in [-0.2, 0) is 20.9 Å². The topological polar surface area (TPSA) is 139 Å². The van der Waals surface area contributed by atoms with E-state index in [4.69, 9.17) is 19.0 Å². The van der Waals surface area contributed by atoms with E-state index in [1.165, 1.54) is 25.7 Å². The van der Waals surface area contributed by atoms with Crippen molar-refractivity contribution >= 4 is 17.7 Å². The molecule has 6 unspecified atom stereocenters. The predicted octanol–water partition coefficient (Wildman–Crippen LogP) is 8.45. The number of carbonyl (C=O) groups excluding carboxylic acids is 2. The lowest BCUT2D eigenvalue weighted by Gasteiger charge is -2.60. The smallest absolute Gasteiger partial charge is 0.412 e. The van der Waals surface area contributed by atoms with E-state index in [9.17, 15) is 19.8 Å². The third kappa shape index (κ3) is 9.97. The summed E-state index contributed by atoms with van der Waals surface area (Å²) in [6.45, 7) is 7.41. The third-order valence-corrected chi connectivity index (χ3v) is 12.7. The molecule has 0 radical (unpaired) electrons. The molecule has 11 nitrogen and oxygen atoms in total. The van der Waals surface area contributed by atoms with Gasteiger partial charge in [0.2, 0.25) is 11.7 Å². The molecule has 6 rings (SSSR count). The van der Waals surface area contributed by atoms with E-state index < -0.39 is 23.8 Å². The van der Waals surface area contributed by atoms with Crippen LogP contribution in [0.3, 0.4) is 0 Å². The van der Waals surface area contributed by atoms with Crippen molar-refractivity contribution < 1.29 is 38.9 Å². The number of fused-ring (bicyclic) bond motifs is 2. The second-order valence-corrected chi connectivity index (χ2v) is 16.5. The van der Waals surface area contributed by atoms with Crippen LogP contribution in [-0.4, -0.2) is 78.1 Å². The Morgan fingerprint density at radius 1 is 1.03 bits per heavy atom. The number of hydrogen-bond donors (Lipinski definition) is 3. The summed E-state index contributed by atoms with van der Waals surface area (Å²) in [5.74, 6) is -0.0722. The van der Waals surface area contributed by atoms with E-state index in [1.54, 1.807) is 19.3 Å². The first-order chi connectivity index (χ1) is 28.4. The molecule has 0 aromatic heterocycles. The Bertz CT molecular complexity index is 1730. The molecule has 3 N–H and O–H groups in total. The van der Waals surface area contributed by atoms with Gasteiger partial charge in [0.05, 0.1) is 18.2 Å². The third-order valence-electron chi connectivity index (χ3n) is 12.7. The van der Waals surface area contributed by atoms with Crippen molar-refractivity contribution in [1.82, 2.24) is 10.2 Å². The number of aliphatic hydroxyl groups excluding tert-OH is 2. The van der Waals surface area contributed by atoms with Gasteiger partial charge in [0.25, 0.3) is 0 Å². The second kappa shape index (κ2) is 21.2. The first kappa shape index (κ1) is 43.4. The zero-order valence-corrected chi connectivity index (χ0v) is 34.6. The van der Waals surface area contributed by atoms with Gasteiger partial charge in [-0.2, -0.15) is 0 Å². The van der Waals surface area contributed by atoms with Crippen molar-refractivity contribution in [2.45, 2.75) is 121 Å². The van der Waals surface area contributed by atoms with Gasteiger partial charge >= 0.3 is 6.09 Å². The van der Waals surface area contributed by atoms with Crippen LogP contribution in [0.1, 0.15) is 114 Å². The van der Waals surface area contributed by atoms with Crippen LogP contribution >= 0.6 is 0 Å². The Labute approximate surface area is 344 Å². The number of nitrogens with zero attached hydrogens (tertiary/aromatic N) is 2. The fourth-order valence-electron chi connectivity index (χ4n) is 10.2. The van der Waals surface area contributed by atoms with Crippen LogP contribution in [0.25, 0.3) is 0 Å². The lowest BCUT2D eigenvalue weighted by atomic mass is 9.55. The number of carbonyl (C=O) groups is 2. The molecule has 11 heteroatoms. The molecule has 3 aliphatic carbocycles. The number of amides is 2. The monoisotopic (exact) mass is 799 g/mol. The number of aliphatic hydroxyl groups is 2. The number of benzene rings is 2. The number of ether oxygens (including phenoxy) is 3. The summed E-state index contributed by atoms with van der Waals surface area (Å²) in [5, 5.41) is 27.3. The van der Waals surface area contributed by atoms with Gasteiger partial charge in [0, 0.05) is 50.6 Å². The molecule has 58 heavy (non-hydrogen) atoms. The Hall–Kier alpha value is -4.19. The number of oxime groups is 1. The Balaban J connectivity index is 1.47. The molecule has 1 aliphatic heterocycles. The molecule has 2 saturated carbocycles. The largest absolute Gasteiger partial charge is 0.459 e. The highest BCUT2D eigenvalue weighted by molar-refractivity contribution is 6.03. The van der Waals surface area contributed by atoms with Crippen LogP contribution in [0, 0.1) is 23.7 Å². The lowest BCUT2D eigenvalue weighted by Crippen LogP contribution is -2.70. The summed E-state index contributed by atoms with van der Waals surface area (Å²) in [6, 6.07) is 14.7. The zero-order chi connectivity index (χ0) is 40.9. The number of allylic oxidation sites excluding steroid dienone is 1. The van der Waals surface area contributed by atoms with Crippen molar-refractivity contribution in [1.29, 1.82) is 0 Å². The number of rotatable bonds is 21. The molecule has 2 aromatic carbocycles. The second-order valence-electron chi connectivity index (χ2n) is 16.5. The standard InChI is InChI=1S/C47H65N3O8/c1-4-25-50(43(53)24-21-33-15-9-10-16-33)42-31-40(49-55-3)38-29-35(19-11-13-26-51)37(20-12-14-27-52)44-39-30-36(57-46(54)48-32-34-17-7-6-8-18-34)22-23-41(39)58-47(42,45(38)44)56-28-5-2/h5-8,17-18,22-23,29-30,33,35,37,42,44-45,51-52H,2,4,9-16,19-21,24-28,31-32H2,1,3H3,(H,48,54). The predicted molar refractivity (Wildman–Crippen MR) is 224 cm³/mol. The number of hydrogen-bond acceptors (Lipinski definition) is 9. The van der Waals surface area contributed by atoms with Gasteiger partial charge in [-0.15, -0.1) is 6.58 Å². The van der Waals surface area contributed by atoms with Gasteiger partial charge in [-0.1, -0.05) is 93.1 Å². The van der Waals surface area contributed by atoms with E-state index >= 15 is 0 Å². The van der Waals surface area contributed by atoms with E-state index in [0.29, 0.717) is 56.2 Å². The SMILES string of the molecule is C=CCOC12Oc3ccc(OC(=O)NCc4ccccc4)cc3C3C(CCCCO)C(CCCCO)C=C(C(=NOC)CC1N(CCC)C(=O)CCC1CCCC1)C32. The lowest BCUT2D eigenvalue weighted by molar-refractivity contribution is -0.257. The minimum absolute atomic E-state index is 0.0655. The highest BCUT2D eigenvalue weighted by atomic mass is 16.7. The molecule has 6 atom stereocenters. The molecule has 0 spiro atoms. The highest BCUT2D eigenvalue weighted by Gasteiger charge is 2.65. The van der Waals surface area contributed by atoms with Crippen molar-refractivity contribution in [2.24, 2.45) is 28.8 Å². The summed E-state index contributed by atoms with van der Waals surface area (Å²) < 4.78 is 20.3. The van der Waals surface area contributed by atoms with Gasteiger partial charge in [-0.25, -0.2) is 4.79 Å². The molecular weight excluding hydrogens is 735 g/mol. The minimum atomic E-state index is -1.30. The maximum absolute atomic E-state index is 14.6. The molecule has 2 amide bonds. The molecular formula is C47H65N3O8. The van der Waals surface area contributed by atoms with Crippen molar-refractivity contribution in [2.75, 3.05) is 33.5 Å². The normalized spacial score (nSPS) is 25.6. The van der Waals surface area contributed by atoms with Crippen molar-refractivity contribution in [3.8, 4) is 11.5 Å². The van der Waals surface area contributed by atoms with E-state index in [0.717, 1.165) is 60.9 Å². The van der Waals surface area contributed by atoms with Gasteiger partial charge in [-0.3, -0.25) is 4.79 Å². The quantitative estimate of drug-likeness (QED) is 0.0650. The maximum atomic E-state index is 14.6. The van der Waals surface area contributed by atoms with Gasteiger partial charge < -0.3 is 39.5 Å². The first-order valence-corrected chi connectivity index (χ1v) is 21.8. The highest BCUT2D eigenvalue weighted by Crippen LogP contribution is 2.62. The molecule has 1 heterocycles. The summed E-state index contributed by atoms with van der Waals surface area (Å²) in [6.07, 6.45) is 15.5. The summed E-state index contributed by atoms with van der Waals surface area (Å²) in [4.78, 5) is 35.3. The fourth-order valence-corrected chi connectivity index (χ4v) is 10.2. The van der Waals surface area contributed by atoms with Crippen molar-refractivity contribution in [3.05, 3.63) is 84.0 Å². The van der Waals surface area contributed by atoms with Crippen LogP contribution < -0.4 is 14.8 Å². The molecule has 2 aromatic rings. The molecule has 2 fully saturated rings. The van der Waals surface area contributed by atoms with Gasteiger partial charge in [0.1, 0.15) is 24.7 Å². The zero-order valence-electron chi connectivity index (χ0n) is 34.6. The van der Waals surface area contributed by atoms with Crippen molar-refractivity contribution in [3.63, 3.8) is 0 Å². The van der Waals surface area contributed by atoms with Crippen LogP contribution in [0.4, 0.5) is 4.79 Å². The molecule has 0 bridgehead atoms. The fraction of sp³-hybridized carbons (Fsp3) is 0.596. The van der Waals surface area contributed by atoms with Crippen LogP contribution in [0.5, 0.6) is 11.5 Å². The maximum Gasteiger partial charge on any atom is 0.412 e. The Morgan fingerprint density at radius 2 is 1.79 bits per heavy atom. The Kier molecular flexibility index (Phi) is 15.8. The van der Waals surface area contributed by atoms with Crippen LogP contribution in [0.15, 0.2) is 78.0 Å². The van der Waals surface area contributed by atoms with E-state index in [2.05, 4.69) is 30.1 Å². The van der Waals surface area contributed by atoms with E-state index in [-0.39, 0.29) is 43.5 Å². The van der Waals surface area contributed by atoms with Gasteiger partial charge in [-0.05, 0) is 85.6 Å². The average molecular weight is 800 g/mol. The van der Waals surface area contributed by atoms with Crippen LogP contribution in [0.2, 0.25) is 0 Å². The number of unbranched alkanes of at least 4 members (excludes halogenated alkanes) is 2. The average Bonchev–Trinajstić information content (AvgIpc) is 3.77. The number of nitrogens with one attached hydrogen (secondary N) is 1. The summed E-state index contributed by atoms with van der Waals surface area (Å²) in [5.41, 5.74) is 3.61. The molecule has 316 valence electrons. The Morgan fingerprint density at radius 3 is 2.50 bits per heavy atom. The summed E-state index contributed by atoms with van der Waals surface area (Å²) >= 11 is 0. The molecule has 0 saturated heterocycles. The minimum Gasteiger partial charge on any atom is -0.459 e. The van der Waals surface area contributed by atoms with Gasteiger partial charge in [0.15, 0.2) is 0 Å². The summed E-state index contributed by atoms with van der Waals surface area (Å²) in [7, 11) is 1.56. The first-order valence-electron chi connectivity index (χ1n) is 21.8.